The lowest BCUT2D eigenvalue weighted by atomic mass is 10.2. The third kappa shape index (κ3) is 6.30. The van der Waals surface area contributed by atoms with Gasteiger partial charge in [0, 0.05) is 22.7 Å². The first kappa shape index (κ1) is 22.3. The van der Waals surface area contributed by atoms with Crippen molar-refractivity contribution in [1.29, 1.82) is 0 Å². The lowest BCUT2D eigenvalue weighted by Crippen LogP contribution is -2.36. The molecule has 3 aromatic rings. The zero-order valence-electron chi connectivity index (χ0n) is 16.8. The Morgan fingerprint density at radius 3 is 2.52 bits per heavy atom. The maximum absolute atomic E-state index is 13.4. The molecule has 162 valence electrons. The molecule has 0 saturated carbocycles. The van der Waals surface area contributed by atoms with Gasteiger partial charge in [0.05, 0.1) is 25.9 Å². The highest BCUT2D eigenvalue weighted by atomic mass is 32.1. The maximum Gasteiger partial charge on any atom is 0.240 e. The molecule has 3 rings (SSSR count). The zero-order chi connectivity index (χ0) is 22.4. The van der Waals surface area contributed by atoms with Gasteiger partial charge in [-0.15, -0.1) is 11.3 Å². The van der Waals surface area contributed by atoms with Crippen LogP contribution in [-0.2, 0) is 9.59 Å². The Bertz CT molecular complexity index is 1090. The first-order valence-electron chi connectivity index (χ1n) is 9.17. The number of carbonyl (C=O) groups excluding carboxylic acids is 2. The number of hydrogen-bond acceptors (Lipinski definition) is 6. The molecule has 0 unspecified atom stereocenters. The lowest BCUT2D eigenvalue weighted by Gasteiger charge is -2.15. The van der Waals surface area contributed by atoms with Crippen LogP contribution in [0, 0.1) is 11.6 Å². The average Bonchev–Trinajstić information content (AvgIpc) is 3.18. The second-order valence-electron chi connectivity index (χ2n) is 6.67. The van der Waals surface area contributed by atoms with Crippen LogP contribution in [0.3, 0.4) is 0 Å². The number of likely N-dealkylation sites (N-methyl/N-ethyl adjacent to an activating group) is 1. The minimum atomic E-state index is -0.968. The van der Waals surface area contributed by atoms with E-state index < -0.39 is 11.6 Å². The summed E-state index contributed by atoms with van der Waals surface area (Å²) >= 11 is 1.16. The molecule has 1 heterocycles. The summed E-state index contributed by atoms with van der Waals surface area (Å²) in [6.45, 7) is -0.0335. The summed E-state index contributed by atoms with van der Waals surface area (Å²) in [4.78, 5) is 30.2. The Balaban J connectivity index is 1.50. The van der Waals surface area contributed by atoms with Gasteiger partial charge in [-0.05, 0) is 37.4 Å². The number of rotatable bonds is 8. The van der Waals surface area contributed by atoms with E-state index in [9.17, 15) is 18.4 Å². The van der Waals surface area contributed by atoms with E-state index in [1.165, 1.54) is 13.2 Å². The fraction of sp³-hybridized carbons (Fsp3) is 0.190. The maximum atomic E-state index is 13.4. The van der Waals surface area contributed by atoms with E-state index in [1.807, 2.05) is 0 Å². The normalized spacial score (nSPS) is 10.7. The van der Waals surface area contributed by atoms with Gasteiger partial charge >= 0.3 is 0 Å². The molecule has 2 N–H and O–H groups in total. The number of aromatic nitrogens is 1. The molecular formula is C21H20F2N4O3S. The highest BCUT2D eigenvalue weighted by molar-refractivity contribution is 7.14. The molecule has 10 heteroatoms. The lowest BCUT2D eigenvalue weighted by molar-refractivity contribution is -0.119. The monoisotopic (exact) mass is 446 g/mol. The Morgan fingerprint density at radius 1 is 1.06 bits per heavy atom. The van der Waals surface area contributed by atoms with Gasteiger partial charge in [0.1, 0.15) is 5.75 Å². The number of benzene rings is 2. The molecule has 0 radical (unpaired) electrons. The Hall–Kier alpha value is -3.37. The van der Waals surface area contributed by atoms with E-state index in [4.69, 9.17) is 4.74 Å². The van der Waals surface area contributed by atoms with Gasteiger partial charge < -0.3 is 15.4 Å². The van der Waals surface area contributed by atoms with Crippen LogP contribution in [0.4, 0.5) is 19.6 Å². The summed E-state index contributed by atoms with van der Waals surface area (Å²) in [6, 6.07) is 10.4. The third-order valence-corrected chi connectivity index (χ3v) is 4.90. The van der Waals surface area contributed by atoms with E-state index in [0.717, 1.165) is 23.5 Å². The molecule has 0 aliphatic carbocycles. The zero-order valence-corrected chi connectivity index (χ0v) is 17.6. The number of amides is 2. The smallest absolute Gasteiger partial charge is 0.240 e. The van der Waals surface area contributed by atoms with Gasteiger partial charge in [-0.25, -0.2) is 13.8 Å². The number of thiazole rings is 1. The Morgan fingerprint density at radius 2 is 1.81 bits per heavy atom. The standard InChI is InChI=1S/C21H20F2N4O3S/c1-27(10-19(28)24-14-4-3-5-15(9-14)30-2)11-20(29)26-21-25-18(12-31-21)13-6-7-16(22)17(23)8-13/h3-9,12H,10-11H2,1-2H3,(H,24,28)(H,25,26,29). The fourth-order valence-corrected chi connectivity index (χ4v) is 3.46. The van der Waals surface area contributed by atoms with Crippen molar-refractivity contribution in [2.45, 2.75) is 0 Å². The molecule has 31 heavy (non-hydrogen) atoms. The van der Waals surface area contributed by atoms with Crippen molar-refractivity contribution in [3.05, 3.63) is 59.5 Å². The van der Waals surface area contributed by atoms with E-state index in [1.54, 1.807) is 41.6 Å². The molecule has 7 nitrogen and oxygen atoms in total. The van der Waals surface area contributed by atoms with Crippen LogP contribution in [0.5, 0.6) is 5.75 Å². The van der Waals surface area contributed by atoms with Crippen molar-refractivity contribution < 1.29 is 23.1 Å². The van der Waals surface area contributed by atoms with Crippen molar-refractivity contribution in [2.75, 3.05) is 37.9 Å². The second kappa shape index (κ2) is 10.1. The Labute approximate surface area is 181 Å². The summed E-state index contributed by atoms with van der Waals surface area (Å²) < 4.78 is 31.6. The van der Waals surface area contributed by atoms with Crippen molar-refractivity contribution in [1.82, 2.24) is 9.88 Å². The highest BCUT2D eigenvalue weighted by Gasteiger charge is 2.14. The van der Waals surface area contributed by atoms with Crippen molar-refractivity contribution in [3.63, 3.8) is 0 Å². The van der Waals surface area contributed by atoms with E-state index >= 15 is 0 Å². The third-order valence-electron chi connectivity index (χ3n) is 4.15. The largest absolute Gasteiger partial charge is 0.497 e. The topological polar surface area (TPSA) is 83.6 Å². The van der Waals surface area contributed by atoms with E-state index in [0.29, 0.717) is 27.8 Å². The molecule has 2 aromatic carbocycles. The molecule has 0 spiro atoms. The number of methoxy groups -OCH3 is 1. The van der Waals surface area contributed by atoms with Crippen molar-refractivity contribution in [3.8, 4) is 17.0 Å². The molecule has 2 amide bonds. The molecule has 0 aliphatic rings. The van der Waals surface area contributed by atoms with Crippen molar-refractivity contribution in [2.24, 2.45) is 0 Å². The number of nitrogens with one attached hydrogen (secondary N) is 2. The minimum absolute atomic E-state index is 0.00258. The number of carbonyl (C=O) groups is 2. The van der Waals surface area contributed by atoms with Gasteiger partial charge in [-0.3, -0.25) is 14.5 Å². The summed E-state index contributed by atoms with van der Waals surface area (Å²) in [5.41, 5.74) is 1.42. The van der Waals surface area contributed by atoms with Gasteiger partial charge in [0.2, 0.25) is 11.8 Å². The number of hydrogen-bond donors (Lipinski definition) is 2. The second-order valence-corrected chi connectivity index (χ2v) is 7.53. The minimum Gasteiger partial charge on any atom is -0.497 e. The fourth-order valence-electron chi connectivity index (χ4n) is 2.73. The van der Waals surface area contributed by atoms with Crippen LogP contribution in [0.15, 0.2) is 47.8 Å². The first-order valence-corrected chi connectivity index (χ1v) is 10.1. The van der Waals surface area contributed by atoms with E-state index in [2.05, 4.69) is 15.6 Å². The van der Waals surface area contributed by atoms with E-state index in [-0.39, 0.29) is 24.9 Å². The molecular weight excluding hydrogens is 426 g/mol. The number of anilines is 2. The summed E-state index contributed by atoms with van der Waals surface area (Å²) in [6.07, 6.45) is 0. The SMILES string of the molecule is COc1cccc(NC(=O)CN(C)CC(=O)Nc2nc(-c3ccc(F)c(F)c3)cs2)c1. The van der Waals surface area contributed by atoms with Crippen molar-refractivity contribution >= 4 is 34.0 Å². The highest BCUT2D eigenvalue weighted by Crippen LogP contribution is 2.26. The molecule has 0 fully saturated rings. The average molecular weight is 446 g/mol. The van der Waals surface area contributed by atoms with Gasteiger partial charge in [0.25, 0.3) is 0 Å². The quantitative estimate of drug-likeness (QED) is 0.552. The molecule has 0 aliphatic heterocycles. The van der Waals surface area contributed by atoms with Gasteiger partial charge in [0.15, 0.2) is 16.8 Å². The molecule has 1 aromatic heterocycles. The van der Waals surface area contributed by atoms with Crippen LogP contribution in [-0.4, -0.2) is 48.9 Å². The summed E-state index contributed by atoms with van der Waals surface area (Å²) in [5.74, 6) is -1.92. The molecule has 0 atom stereocenters. The van der Waals surface area contributed by atoms with Crippen LogP contribution in [0.1, 0.15) is 0 Å². The van der Waals surface area contributed by atoms with Crippen LogP contribution >= 0.6 is 11.3 Å². The number of ether oxygens (including phenoxy) is 1. The predicted molar refractivity (Wildman–Crippen MR) is 115 cm³/mol. The first-order chi connectivity index (χ1) is 14.8. The van der Waals surface area contributed by atoms with Crippen LogP contribution in [0.2, 0.25) is 0 Å². The number of halogens is 2. The summed E-state index contributed by atoms with van der Waals surface area (Å²) in [7, 11) is 3.18. The molecule has 0 saturated heterocycles. The number of nitrogens with zero attached hydrogens (tertiary/aromatic N) is 2. The predicted octanol–water partition coefficient (Wildman–Crippen LogP) is 3.61. The Kier molecular flexibility index (Phi) is 7.27. The molecule has 0 bridgehead atoms. The summed E-state index contributed by atoms with van der Waals surface area (Å²) in [5, 5.41) is 7.33. The van der Waals surface area contributed by atoms with Crippen LogP contribution < -0.4 is 15.4 Å². The van der Waals surface area contributed by atoms with Gasteiger partial charge in [-0.1, -0.05) is 6.07 Å². The van der Waals surface area contributed by atoms with Crippen LogP contribution in [0.25, 0.3) is 11.3 Å². The van der Waals surface area contributed by atoms with Gasteiger partial charge in [-0.2, -0.15) is 0 Å².